The van der Waals surface area contributed by atoms with E-state index in [2.05, 4.69) is 10.6 Å². The molecule has 2 rings (SSSR count). The van der Waals surface area contributed by atoms with E-state index in [0.717, 1.165) is 17.4 Å². The number of carbonyl (C=O) groups excluding carboxylic acids is 1. The Bertz CT molecular complexity index is 641. The van der Waals surface area contributed by atoms with E-state index in [0.29, 0.717) is 17.2 Å². The summed E-state index contributed by atoms with van der Waals surface area (Å²) in [6.07, 6.45) is 1.41. The zero-order valence-corrected chi connectivity index (χ0v) is 13.5. The molecular formula is C16H21ClN2O3. The quantitative estimate of drug-likeness (QED) is 0.760. The number of amides is 2. The maximum atomic E-state index is 11.9. The van der Waals surface area contributed by atoms with Gasteiger partial charge in [-0.25, -0.2) is 4.79 Å². The first kappa shape index (κ1) is 16.6. The molecule has 6 heteroatoms. The Labute approximate surface area is 134 Å². The molecule has 22 heavy (non-hydrogen) atoms. The fraction of sp³-hybridized carbons (Fsp3) is 0.438. The number of furan rings is 1. The smallest absolute Gasteiger partial charge is 0.315 e. The molecule has 0 radical (unpaired) electrons. The summed E-state index contributed by atoms with van der Waals surface area (Å²) in [5.41, 5.74) is 0.741. The van der Waals surface area contributed by atoms with Crippen molar-refractivity contribution in [2.24, 2.45) is 0 Å². The van der Waals surface area contributed by atoms with Crippen molar-refractivity contribution >= 4 is 28.6 Å². The second kappa shape index (κ2) is 7.51. The molecule has 5 nitrogen and oxygen atoms in total. The summed E-state index contributed by atoms with van der Waals surface area (Å²) in [6.45, 7) is 3.89. The minimum Gasteiger partial charge on any atom is -0.459 e. The molecule has 2 amide bonds. The molecule has 0 saturated carbocycles. The average molecular weight is 325 g/mol. The van der Waals surface area contributed by atoms with E-state index >= 15 is 0 Å². The molecule has 2 atom stereocenters. The number of benzene rings is 1. The van der Waals surface area contributed by atoms with Crippen LogP contribution in [0.25, 0.3) is 11.0 Å². The Kier molecular flexibility index (Phi) is 5.69. The molecule has 0 aliphatic rings. The summed E-state index contributed by atoms with van der Waals surface area (Å²) in [6, 6.07) is 6.78. The molecule has 0 fully saturated rings. The third-order valence-corrected chi connectivity index (χ3v) is 3.68. The van der Waals surface area contributed by atoms with Gasteiger partial charge in [0.25, 0.3) is 0 Å². The normalized spacial score (nSPS) is 13.8. The highest BCUT2D eigenvalue weighted by molar-refractivity contribution is 6.31. The van der Waals surface area contributed by atoms with Crippen LogP contribution in [0.4, 0.5) is 4.79 Å². The predicted octanol–water partition coefficient (Wildman–Crippen LogP) is 3.61. The van der Waals surface area contributed by atoms with Crippen LogP contribution in [0.3, 0.4) is 0 Å². The van der Waals surface area contributed by atoms with Gasteiger partial charge in [0, 0.05) is 23.1 Å². The summed E-state index contributed by atoms with van der Waals surface area (Å²) < 4.78 is 5.72. The zero-order chi connectivity index (χ0) is 16.1. The van der Waals surface area contributed by atoms with Crippen molar-refractivity contribution in [3.05, 3.63) is 35.0 Å². The number of rotatable bonds is 6. The van der Waals surface area contributed by atoms with Gasteiger partial charge in [-0.15, -0.1) is 0 Å². The molecule has 3 N–H and O–H groups in total. The Balaban J connectivity index is 1.95. The van der Waals surface area contributed by atoms with Crippen LogP contribution in [0.15, 0.2) is 28.7 Å². The highest BCUT2D eigenvalue weighted by Gasteiger charge is 2.15. The minimum atomic E-state index is -0.254. The van der Waals surface area contributed by atoms with Crippen LogP contribution in [-0.2, 0) is 0 Å². The lowest BCUT2D eigenvalue weighted by Crippen LogP contribution is -2.41. The summed E-state index contributed by atoms with van der Waals surface area (Å²) in [4.78, 5) is 11.9. The summed E-state index contributed by atoms with van der Waals surface area (Å²) >= 11 is 5.95. The lowest BCUT2D eigenvalue weighted by atomic mass is 10.2. The van der Waals surface area contributed by atoms with Crippen molar-refractivity contribution < 1.29 is 14.3 Å². The van der Waals surface area contributed by atoms with Crippen LogP contribution < -0.4 is 10.6 Å². The number of carbonyl (C=O) groups is 1. The SMILES string of the molecule is CC(CCCO)NC(=O)NC(C)c1cc2cc(Cl)ccc2o1. The van der Waals surface area contributed by atoms with Crippen molar-refractivity contribution in [1.82, 2.24) is 10.6 Å². The minimum absolute atomic E-state index is 0.00818. The van der Waals surface area contributed by atoms with Gasteiger partial charge in [0.05, 0.1) is 6.04 Å². The molecule has 1 aromatic heterocycles. The van der Waals surface area contributed by atoms with E-state index in [1.54, 1.807) is 6.07 Å². The van der Waals surface area contributed by atoms with Crippen molar-refractivity contribution in [3.8, 4) is 0 Å². The topological polar surface area (TPSA) is 74.5 Å². The molecule has 0 aliphatic heterocycles. The number of aliphatic hydroxyl groups is 1. The van der Waals surface area contributed by atoms with Crippen molar-refractivity contribution in [3.63, 3.8) is 0 Å². The van der Waals surface area contributed by atoms with Gasteiger partial charge >= 0.3 is 6.03 Å². The molecule has 0 saturated heterocycles. The monoisotopic (exact) mass is 324 g/mol. The lowest BCUT2D eigenvalue weighted by Gasteiger charge is -2.16. The average Bonchev–Trinajstić information content (AvgIpc) is 2.88. The van der Waals surface area contributed by atoms with E-state index in [9.17, 15) is 4.79 Å². The van der Waals surface area contributed by atoms with Gasteiger partial charge in [0.1, 0.15) is 11.3 Å². The third kappa shape index (κ3) is 4.39. The number of urea groups is 1. The molecule has 1 heterocycles. The Morgan fingerprint density at radius 3 is 2.82 bits per heavy atom. The fourth-order valence-corrected chi connectivity index (χ4v) is 2.43. The van der Waals surface area contributed by atoms with Crippen molar-refractivity contribution in [2.75, 3.05) is 6.61 Å². The van der Waals surface area contributed by atoms with Crippen LogP contribution in [-0.4, -0.2) is 23.8 Å². The molecule has 0 spiro atoms. The van der Waals surface area contributed by atoms with Gasteiger partial charge in [0.15, 0.2) is 0 Å². The number of fused-ring (bicyclic) bond motifs is 1. The van der Waals surface area contributed by atoms with Crippen molar-refractivity contribution in [1.29, 1.82) is 0 Å². The molecule has 2 aromatic rings. The van der Waals surface area contributed by atoms with E-state index in [4.69, 9.17) is 21.1 Å². The van der Waals surface area contributed by atoms with Gasteiger partial charge in [0.2, 0.25) is 0 Å². The fourth-order valence-electron chi connectivity index (χ4n) is 2.25. The summed E-state index contributed by atoms with van der Waals surface area (Å²) in [5, 5.41) is 16.0. The maximum absolute atomic E-state index is 11.9. The van der Waals surface area contributed by atoms with Gasteiger partial charge in [-0.3, -0.25) is 0 Å². The Morgan fingerprint density at radius 2 is 2.09 bits per heavy atom. The van der Waals surface area contributed by atoms with Gasteiger partial charge in [-0.1, -0.05) is 11.6 Å². The van der Waals surface area contributed by atoms with Crippen LogP contribution in [0.5, 0.6) is 0 Å². The van der Waals surface area contributed by atoms with E-state index in [1.165, 1.54) is 0 Å². The number of nitrogens with one attached hydrogen (secondary N) is 2. The number of aliphatic hydroxyl groups excluding tert-OH is 1. The summed E-state index contributed by atoms with van der Waals surface area (Å²) in [7, 11) is 0. The van der Waals surface area contributed by atoms with E-state index < -0.39 is 0 Å². The number of hydrogen-bond donors (Lipinski definition) is 3. The van der Waals surface area contributed by atoms with Gasteiger partial charge in [-0.2, -0.15) is 0 Å². The van der Waals surface area contributed by atoms with Gasteiger partial charge < -0.3 is 20.2 Å². The van der Waals surface area contributed by atoms with Crippen LogP contribution in [0, 0.1) is 0 Å². The van der Waals surface area contributed by atoms with Crippen molar-refractivity contribution in [2.45, 2.75) is 38.8 Å². The first-order chi connectivity index (χ1) is 10.5. The molecular weight excluding hydrogens is 304 g/mol. The second-order valence-corrected chi connectivity index (χ2v) is 5.87. The predicted molar refractivity (Wildman–Crippen MR) is 87.1 cm³/mol. The van der Waals surface area contributed by atoms with Crippen LogP contribution in [0.1, 0.15) is 38.5 Å². The molecule has 2 unspecified atom stereocenters. The largest absolute Gasteiger partial charge is 0.459 e. The molecule has 0 bridgehead atoms. The van der Waals surface area contributed by atoms with E-state index in [-0.39, 0.29) is 24.7 Å². The highest BCUT2D eigenvalue weighted by atomic mass is 35.5. The first-order valence-corrected chi connectivity index (χ1v) is 7.74. The number of halogens is 1. The third-order valence-electron chi connectivity index (χ3n) is 3.44. The van der Waals surface area contributed by atoms with E-state index in [1.807, 2.05) is 32.0 Å². The summed E-state index contributed by atoms with van der Waals surface area (Å²) in [5.74, 6) is 0.676. The zero-order valence-electron chi connectivity index (χ0n) is 12.7. The second-order valence-electron chi connectivity index (χ2n) is 5.44. The molecule has 0 aliphatic carbocycles. The van der Waals surface area contributed by atoms with Crippen LogP contribution >= 0.6 is 11.6 Å². The first-order valence-electron chi connectivity index (χ1n) is 7.36. The Hall–Kier alpha value is -1.72. The highest BCUT2D eigenvalue weighted by Crippen LogP contribution is 2.26. The molecule has 120 valence electrons. The standard InChI is InChI=1S/C16H21ClN2O3/c1-10(4-3-7-20)18-16(21)19-11(2)15-9-12-8-13(17)5-6-14(12)22-15/h5-6,8-11,20H,3-4,7H2,1-2H3,(H2,18,19,21). The van der Waals surface area contributed by atoms with Gasteiger partial charge in [-0.05, 0) is 51.0 Å². The maximum Gasteiger partial charge on any atom is 0.315 e. The molecule has 1 aromatic carbocycles. The lowest BCUT2D eigenvalue weighted by molar-refractivity contribution is 0.230. The number of hydrogen-bond acceptors (Lipinski definition) is 3. The van der Waals surface area contributed by atoms with Crippen LogP contribution in [0.2, 0.25) is 5.02 Å². The Morgan fingerprint density at radius 1 is 1.32 bits per heavy atom.